The molecule has 2 heterocycles. The van der Waals surface area contributed by atoms with Crippen molar-refractivity contribution in [3.63, 3.8) is 0 Å². The summed E-state index contributed by atoms with van der Waals surface area (Å²) in [5, 5.41) is 15.9. The summed E-state index contributed by atoms with van der Waals surface area (Å²) in [4.78, 5) is 8.12. The molecule has 0 amide bonds. The smallest absolute Gasteiger partial charge is 0.183 e. The zero-order valence-corrected chi connectivity index (χ0v) is 14.9. The van der Waals surface area contributed by atoms with Crippen molar-refractivity contribution in [1.82, 2.24) is 19.7 Å². The van der Waals surface area contributed by atoms with Crippen LogP contribution in [0.2, 0.25) is 0 Å². The zero-order valence-electron chi connectivity index (χ0n) is 14.9. The molecular formula is C19H25N5O2. The molecule has 1 aliphatic carbocycles. The molecular weight excluding hydrogens is 330 g/mol. The second kappa shape index (κ2) is 7.19. The summed E-state index contributed by atoms with van der Waals surface area (Å²) in [6.45, 7) is 3.88. The van der Waals surface area contributed by atoms with Crippen molar-refractivity contribution >= 4 is 10.9 Å². The number of hydrogen-bond donors (Lipinski definition) is 3. The second-order valence-corrected chi connectivity index (χ2v) is 6.86. The van der Waals surface area contributed by atoms with Crippen molar-refractivity contribution in [1.29, 1.82) is 0 Å². The maximum Gasteiger partial charge on any atom is 0.183 e. The Hall–Kier alpha value is -2.22. The molecule has 1 aliphatic rings. The van der Waals surface area contributed by atoms with Gasteiger partial charge in [0.05, 0.1) is 19.3 Å². The Morgan fingerprint density at radius 1 is 1.35 bits per heavy atom. The molecule has 0 radical (unpaired) electrons. The van der Waals surface area contributed by atoms with Gasteiger partial charge in [-0.15, -0.1) is 0 Å². The molecule has 1 aromatic carbocycles. The van der Waals surface area contributed by atoms with Gasteiger partial charge in [-0.1, -0.05) is 18.2 Å². The summed E-state index contributed by atoms with van der Waals surface area (Å²) in [7, 11) is 0. The SMILES string of the molecule is CCOCCn1nc(-c2c[nH]c3ccccc23)nc1[C@H]1C[C@@H](N)[C@H](O)C1. The normalized spacial score (nSPS) is 23.1. The highest BCUT2D eigenvalue weighted by molar-refractivity contribution is 5.93. The summed E-state index contributed by atoms with van der Waals surface area (Å²) in [6.07, 6.45) is 2.82. The first kappa shape index (κ1) is 17.2. The van der Waals surface area contributed by atoms with Crippen LogP contribution in [0.4, 0.5) is 0 Å². The van der Waals surface area contributed by atoms with E-state index in [1.807, 2.05) is 36.0 Å². The van der Waals surface area contributed by atoms with Crippen molar-refractivity contribution in [3.8, 4) is 11.4 Å². The van der Waals surface area contributed by atoms with E-state index in [1.54, 1.807) is 0 Å². The molecule has 0 bridgehead atoms. The third-order valence-electron chi connectivity index (χ3n) is 5.12. The number of ether oxygens (including phenoxy) is 1. The summed E-state index contributed by atoms with van der Waals surface area (Å²) in [5.74, 6) is 1.70. The molecule has 3 atom stereocenters. The number of aliphatic hydroxyl groups is 1. The predicted octanol–water partition coefficient (Wildman–Crippen LogP) is 2.03. The van der Waals surface area contributed by atoms with Crippen molar-refractivity contribution in [2.24, 2.45) is 5.73 Å². The van der Waals surface area contributed by atoms with E-state index >= 15 is 0 Å². The predicted molar refractivity (Wildman–Crippen MR) is 99.8 cm³/mol. The van der Waals surface area contributed by atoms with Crippen LogP contribution in [0.25, 0.3) is 22.3 Å². The first-order valence-electron chi connectivity index (χ1n) is 9.20. The fourth-order valence-corrected chi connectivity index (χ4v) is 3.75. The van der Waals surface area contributed by atoms with Crippen LogP contribution in [0.1, 0.15) is 31.5 Å². The Balaban J connectivity index is 1.70. The van der Waals surface area contributed by atoms with Crippen LogP contribution < -0.4 is 5.73 Å². The minimum atomic E-state index is -0.478. The van der Waals surface area contributed by atoms with Gasteiger partial charge >= 0.3 is 0 Å². The third kappa shape index (κ3) is 3.13. The number of H-pyrrole nitrogens is 1. The van der Waals surface area contributed by atoms with Crippen LogP contribution in [0.3, 0.4) is 0 Å². The van der Waals surface area contributed by atoms with E-state index in [1.165, 1.54) is 0 Å². The highest BCUT2D eigenvalue weighted by Crippen LogP contribution is 2.35. The lowest BCUT2D eigenvalue weighted by Gasteiger charge is -2.10. The first-order valence-corrected chi connectivity index (χ1v) is 9.20. The largest absolute Gasteiger partial charge is 0.391 e. The van der Waals surface area contributed by atoms with E-state index in [9.17, 15) is 5.11 Å². The van der Waals surface area contributed by atoms with E-state index in [4.69, 9.17) is 20.6 Å². The number of fused-ring (bicyclic) bond motifs is 1. The number of aromatic nitrogens is 4. The van der Waals surface area contributed by atoms with Gasteiger partial charge in [0.15, 0.2) is 5.82 Å². The number of benzene rings is 1. The monoisotopic (exact) mass is 355 g/mol. The molecule has 26 heavy (non-hydrogen) atoms. The van der Waals surface area contributed by atoms with Crippen LogP contribution in [0.5, 0.6) is 0 Å². The Kier molecular flexibility index (Phi) is 4.76. The van der Waals surface area contributed by atoms with Gasteiger partial charge < -0.3 is 20.6 Å². The number of nitrogens with zero attached hydrogens (tertiary/aromatic N) is 3. The van der Waals surface area contributed by atoms with E-state index in [-0.39, 0.29) is 12.0 Å². The Bertz CT molecular complexity index is 877. The van der Waals surface area contributed by atoms with Crippen LogP contribution in [0.15, 0.2) is 30.5 Å². The van der Waals surface area contributed by atoms with Gasteiger partial charge in [-0.05, 0) is 25.8 Å². The summed E-state index contributed by atoms with van der Waals surface area (Å²) in [5.41, 5.74) is 8.07. The Labute approximate surface area is 152 Å². The Morgan fingerprint density at radius 2 is 2.19 bits per heavy atom. The highest BCUT2D eigenvalue weighted by Gasteiger charge is 2.34. The molecule has 1 fully saturated rings. The minimum absolute atomic E-state index is 0.119. The van der Waals surface area contributed by atoms with E-state index in [0.29, 0.717) is 32.0 Å². The van der Waals surface area contributed by atoms with Gasteiger partial charge in [0.25, 0.3) is 0 Å². The van der Waals surface area contributed by atoms with Gasteiger partial charge in [0, 0.05) is 41.2 Å². The average Bonchev–Trinajstić information content (AvgIpc) is 3.32. The lowest BCUT2D eigenvalue weighted by Crippen LogP contribution is -2.28. The molecule has 0 unspecified atom stereocenters. The molecule has 0 saturated heterocycles. The van der Waals surface area contributed by atoms with Crippen LogP contribution in [0, 0.1) is 0 Å². The first-order chi connectivity index (χ1) is 12.7. The Morgan fingerprint density at radius 3 is 2.96 bits per heavy atom. The van der Waals surface area contributed by atoms with Crippen molar-refractivity contribution in [2.75, 3.05) is 13.2 Å². The highest BCUT2D eigenvalue weighted by atomic mass is 16.5. The lowest BCUT2D eigenvalue weighted by atomic mass is 10.1. The van der Waals surface area contributed by atoms with Crippen LogP contribution in [-0.2, 0) is 11.3 Å². The number of aliphatic hydroxyl groups excluding tert-OH is 1. The maximum atomic E-state index is 10.1. The van der Waals surface area contributed by atoms with Gasteiger partial charge in [-0.3, -0.25) is 0 Å². The molecule has 7 nitrogen and oxygen atoms in total. The lowest BCUT2D eigenvalue weighted by molar-refractivity contribution is 0.135. The minimum Gasteiger partial charge on any atom is -0.391 e. The standard InChI is InChI=1S/C19H25N5O2/c1-2-26-8-7-24-19(12-9-15(20)17(25)10-12)22-18(23-24)14-11-21-16-6-4-3-5-13(14)16/h3-6,11-12,15,17,21,25H,2,7-10,20H2,1H3/t12-,15+,17+/m0/s1. The fraction of sp³-hybridized carbons (Fsp3) is 0.474. The van der Waals surface area contributed by atoms with Crippen molar-refractivity contribution in [2.45, 2.75) is 44.4 Å². The molecule has 4 rings (SSSR count). The number of hydrogen-bond acceptors (Lipinski definition) is 5. The maximum absolute atomic E-state index is 10.1. The van der Waals surface area contributed by atoms with Gasteiger partial charge in [0.2, 0.25) is 0 Å². The number of nitrogens with one attached hydrogen (secondary N) is 1. The van der Waals surface area contributed by atoms with Crippen molar-refractivity contribution in [3.05, 3.63) is 36.3 Å². The molecule has 0 spiro atoms. The summed E-state index contributed by atoms with van der Waals surface area (Å²) < 4.78 is 7.42. The molecule has 0 aliphatic heterocycles. The molecule has 138 valence electrons. The van der Waals surface area contributed by atoms with E-state index < -0.39 is 6.10 Å². The van der Waals surface area contributed by atoms with Crippen LogP contribution in [-0.4, -0.2) is 50.2 Å². The van der Waals surface area contributed by atoms with Crippen molar-refractivity contribution < 1.29 is 9.84 Å². The van der Waals surface area contributed by atoms with E-state index in [0.717, 1.165) is 28.7 Å². The molecule has 3 aromatic rings. The average molecular weight is 355 g/mol. The fourth-order valence-electron chi connectivity index (χ4n) is 3.75. The zero-order chi connectivity index (χ0) is 18.1. The number of aromatic amines is 1. The second-order valence-electron chi connectivity index (χ2n) is 6.86. The number of para-hydroxylation sites is 1. The molecule has 2 aromatic heterocycles. The van der Waals surface area contributed by atoms with Gasteiger partial charge in [-0.25, -0.2) is 9.67 Å². The summed E-state index contributed by atoms with van der Waals surface area (Å²) >= 11 is 0. The van der Waals surface area contributed by atoms with Crippen LogP contribution >= 0.6 is 0 Å². The molecule has 4 N–H and O–H groups in total. The number of rotatable bonds is 6. The molecule has 1 saturated carbocycles. The third-order valence-corrected chi connectivity index (χ3v) is 5.12. The quantitative estimate of drug-likeness (QED) is 0.587. The summed E-state index contributed by atoms with van der Waals surface area (Å²) in [6, 6.07) is 7.92. The topological polar surface area (TPSA) is 102 Å². The van der Waals surface area contributed by atoms with Gasteiger partial charge in [0.1, 0.15) is 5.82 Å². The van der Waals surface area contributed by atoms with Gasteiger partial charge in [-0.2, -0.15) is 5.10 Å². The molecule has 7 heteroatoms. The van der Waals surface area contributed by atoms with E-state index in [2.05, 4.69) is 11.1 Å². The number of nitrogens with two attached hydrogens (primary N) is 1.